The molecule has 112 valence electrons. The second kappa shape index (κ2) is 5.26. The molecule has 0 radical (unpaired) electrons. The van der Waals surface area contributed by atoms with Crippen LogP contribution < -0.4 is 10.6 Å². The Kier molecular flexibility index (Phi) is 3.57. The van der Waals surface area contributed by atoms with Crippen molar-refractivity contribution in [2.24, 2.45) is 11.7 Å². The van der Waals surface area contributed by atoms with Crippen LogP contribution in [-0.2, 0) is 4.79 Å². The maximum Gasteiger partial charge on any atom is 0.222 e. The number of aromatic nitrogens is 2. The Hall–Kier alpha value is -1.69. The molecule has 0 aliphatic carbocycles. The normalized spacial score (nSPS) is 22.7. The van der Waals surface area contributed by atoms with Crippen LogP contribution in [0.2, 0.25) is 0 Å². The number of carbonyl (C=O) groups excluding carboxylic acids is 1. The number of primary amides is 1. The van der Waals surface area contributed by atoms with Crippen LogP contribution in [0.1, 0.15) is 30.2 Å². The first kappa shape index (κ1) is 14.3. The van der Waals surface area contributed by atoms with Crippen molar-refractivity contribution in [1.29, 1.82) is 0 Å². The SMILES string of the molecule is Cc1sc2ncnc(N3C[C@@H](C(N)=O)CC[C@H]3C)c2c1C. The third kappa shape index (κ3) is 2.37. The minimum Gasteiger partial charge on any atom is -0.369 e. The van der Waals surface area contributed by atoms with Gasteiger partial charge in [-0.3, -0.25) is 4.79 Å². The van der Waals surface area contributed by atoms with Crippen LogP contribution in [0, 0.1) is 19.8 Å². The van der Waals surface area contributed by atoms with E-state index in [4.69, 9.17) is 5.73 Å². The number of fused-ring (bicyclic) bond motifs is 1. The van der Waals surface area contributed by atoms with Crippen LogP contribution >= 0.6 is 11.3 Å². The van der Waals surface area contributed by atoms with Gasteiger partial charge in [0.25, 0.3) is 0 Å². The summed E-state index contributed by atoms with van der Waals surface area (Å²) in [5.74, 6) is 0.641. The molecule has 6 heteroatoms. The third-order valence-electron chi connectivity index (χ3n) is 4.50. The van der Waals surface area contributed by atoms with E-state index >= 15 is 0 Å². The van der Waals surface area contributed by atoms with E-state index in [2.05, 4.69) is 35.6 Å². The molecule has 0 saturated carbocycles. The highest BCUT2D eigenvalue weighted by molar-refractivity contribution is 7.18. The Morgan fingerprint density at radius 1 is 1.38 bits per heavy atom. The fourth-order valence-corrected chi connectivity index (χ4v) is 4.01. The number of thiophene rings is 1. The average Bonchev–Trinajstić information content (AvgIpc) is 2.74. The van der Waals surface area contributed by atoms with E-state index in [1.165, 1.54) is 10.4 Å². The molecule has 0 unspecified atom stereocenters. The van der Waals surface area contributed by atoms with Gasteiger partial charge in [-0.05, 0) is 39.2 Å². The van der Waals surface area contributed by atoms with Crippen molar-refractivity contribution >= 4 is 33.3 Å². The monoisotopic (exact) mass is 304 g/mol. The van der Waals surface area contributed by atoms with Crippen LogP contribution in [0.3, 0.4) is 0 Å². The van der Waals surface area contributed by atoms with E-state index in [1.807, 2.05) is 0 Å². The molecule has 1 saturated heterocycles. The fourth-order valence-electron chi connectivity index (χ4n) is 3.02. The number of piperidine rings is 1. The predicted molar refractivity (Wildman–Crippen MR) is 85.6 cm³/mol. The summed E-state index contributed by atoms with van der Waals surface area (Å²) in [4.78, 5) is 25.0. The molecule has 5 nitrogen and oxygen atoms in total. The molecule has 1 amide bonds. The van der Waals surface area contributed by atoms with Crippen LogP contribution in [0.25, 0.3) is 10.2 Å². The van der Waals surface area contributed by atoms with Crippen LogP contribution in [-0.4, -0.2) is 28.5 Å². The molecular weight excluding hydrogens is 284 g/mol. The van der Waals surface area contributed by atoms with Crippen molar-refractivity contribution < 1.29 is 4.79 Å². The molecular formula is C15H20N4OS. The molecule has 1 fully saturated rings. The number of nitrogens with two attached hydrogens (primary N) is 1. The summed E-state index contributed by atoms with van der Waals surface area (Å²) >= 11 is 1.70. The van der Waals surface area contributed by atoms with Gasteiger partial charge in [0, 0.05) is 17.5 Å². The predicted octanol–water partition coefficient (Wildman–Crippen LogP) is 2.40. The van der Waals surface area contributed by atoms with Gasteiger partial charge in [0.2, 0.25) is 5.91 Å². The maximum absolute atomic E-state index is 11.5. The smallest absolute Gasteiger partial charge is 0.222 e. The molecule has 0 aromatic carbocycles. The second-order valence-electron chi connectivity index (χ2n) is 5.84. The maximum atomic E-state index is 11.5. The Bertz CT molecular complexity index is 696. The summed E-state index contributed by atoms with van der Waals surface area (Å²) in [5.41, 5.74) is 6.74. The number of hydrogen-bond acceptors (Lipinski definition) is 5. The Balaban J connectivity index is 2.08. The van der Waals surface area contributed by atoms with Gasteiger partial charge in [-0.15, -0.1) is 11.3 Å². The summed E-state index contributed by atoms with van der Waals surface area (Å²) in [6.45, 7) is 7.05. The Morgan fingerprint density at radius 3 is 2.86 bits per heavy atom. The third-order valence-corrected chi connectivity index (χ3v) is 5.62. The molecule has 0 spiro atoms. The van der Waals surface area contributed by atoms with E-state index in [9.17, 15) is 4.79 Å². The molecule has 2 aromatic heterocycles. The number of rotatable bonds is 2. The standard InChI is InChI=1S/C15H20N4OS/c1-8-4-5-11(13(16)20)6-19(8)14-12-9(2)10(3)21-15(12)18-7-17-14/h7-8,11H,4-6H2,1-3H3,(H2,16,20)/t8-,11+/m1/s1. The topological polar surface area (TPSA) is 72.1 Å². The highest BCUT2D eigenvalue weighted by Gasteiger charge is 2.31. The highest BCUT2D eigenvalue weighted by Crippen LogP contribution is 2.37. The molecule has 3 heterocycles. The second-order valence-corrected chi connectivity index (χ2v) is 7.04. The number of amides is 1. The van der Waals surface area contributed by atoms with Crippen molar-refractivity contribution in [3.8, 4) is 0 Å². The molecule has 2 N–H and O–H groups in total. The Labute approximate surface area is 128 Å². The van der Waals surface area contributed by atoms with E-state index in [0.717, 1.165) is 28.9 Å². The lowest BCUT2D eigenvalue weighted by atomic mass is 9.92. The first-order valence-corrected chi connectivity index (χ1v) is 8.07. The van der Waals surface area contributed by atoms with E-state index in [1.54, 1.807) is 17.7 Å². The summed E-state index contributed by atoms with van der Waals surface area (Å²) in [6, 6.07) is 0.360. The quantitative estimate of drug-likeness (QED) is 0.924. The van der Waals surface area contributed by atoms with Gasteiger partial charge in [0.15, 0.2) is 0 Å². The number of aryl methyl sites for hydroxylation is 2. The zero-order valence-electron chi connectivity index (χ0n) is 12.6. The summed E-state index contributed by atoms with van der Waals surface area (Å²) in [5, 5.41) is 1.12. The largest absolute Gasteiger partial charge is 0.369 e. The lowest BCUT2D eigenvalue weighted by molar-refractivity contribution is -0.122. The Morgan fingerprint density at radius 2 is 2.14 bits per heavy atom. The highest BCUT2D eigenvalue weighted by atomic mass is 32.1. The summed E-state index contributed by atoms with van der Waals surface area (Å²) in [7, 11) is 0. The zero-order chi connectivity index (χ0) is 15.1. The van der Waals surface area contributed by atoms with Crippen molar-refractivity contribution in [2.45, 2.75) is 39.7 Å². The van der Waals surface area contributed by atoms with E-state index in [0.29, 0.717) is 12.6 Å². The first-order valence-electron chi connectivity index (χ1n) is 7.25. The van der Waals surface area contributed by atoms with Crippen LogP contribution in [0.4, 0.5) is 5.82 Å². The van der Waals surface area contributed by atoms with Crippen molar-refractivity contribution in [2.75, 3.05) is 11.4 Å². The fraction of sp³-hybridized carbons (Fsp3) is 0.533. The minimum atomic E-state index is -0.213. The average molecular weight is 304 g/mol. The molecule has 1 aliphatic heterocycles. The molecule has 2 atom stereocenters. The summed E-state index contributed by atoms with van der Waals surface area (Å²) in [6.07, 6.45) is 3.44. The van der Waals surface area contributed by atoms with Crippen LogP contribution in [0.5, 0.6) is 0 Å². The molecule has 21 heavy (non-hydrogen) atoms. The van der Waals surface area contributed by atoms with Crippen molar-refractivity contribution in [3.63, 3.8) is 0 Å². The lowest BCUT2D eigenvalue weighted by Gasteiger charge is -2.38. The number of nitrogens with zero attached hydrogens (tertiary/aromatic N) is 3. The molecule has 3 rings (SSSR count). The van der Waals surface area contributed by atoms with Gasteiger partial charge in [-0.25, -0.2) is 9.97 Å². The summed E-state index contributed by atoms with van der Waals surface area (Å²) < 4.78 is 0. The van der Waals surface area contributed by atoms with E-state index < -0.39 is 0 Å². The van der Waals surface area contributed by atoms with Gasteiger partial charge >= 0.3 is 0 Å². The molecule has 1 aliphatic rings. The van der Waals surface area contributed by atoms with Crippen LogP contribution in [0.15, 0.2) is 6.33 Å². The number of hydrogen-bond donors (Lipinski definition) is 1. The van der Waals surface area contributed by atoms with Gasteiger partial charge in [0.1, 0.15) is 17.0 Å². The van der Waals surface area contributed by atoms with Gasteiger partial charge in [0.05, 0.1) is 11.3 Å². The zero-order valence-corrected chi connectivity index (χ0v) is 13.4. The molecule has 0 bridgehead atoms. The number of carbonyl (C=O) groups is 1. The van der Waals surface area contributed by atoms with Gasteiger partial charge in [-0.1, -0.05) is 0 Å². The molecule has 2 aromatic rings. The van der Waals surface area contributed by atoms with Crippen molar-refractivity contribution in [1.82, 2.24) is 9.97 Å². The first-order chi connectivity index (χ1) is 9.99. The van der Waals surface area contributed by atoms with Gasteiger partial charge in [-0.2, -0.15) is 0 Å². The van der Waals surface area contributed by atoms with Crippen molar-refractivity contribution in [3.05, 3.63) is 16.8 Å². The lowest BCUT2D eigenvalue weighted by Crippen LogP contribution is -2.46. The van der Waals surface area contributed by atoms with E-state index in [-0.39, 0.29) is 11.8 Å². The van der Waals surface area contributed by atoms with Gasteiger partial charge < -0.3 is 10.6 Å². The number of anilines is 1. The minimum absolute atomic E-state index is 0.0914.